The lowest BCUT2D eigenvalue weighted by molar-refractivity contribution is 0.0952. The molecule has 0 fully saturated rings. The highest BCUT2D eigenvalue weighted by atomic mass is 16.4. The van der Waals surface area contributed by atoms with Gasteiger partial charge < -0.3 is 10.8 Å². The van der Waals surface area contributed by atoms with Crippen molar-refractivity contribution >= 4 is 11.8 Å². The lowest BCUT2D eigenvalue weighted by atomic mass is 9.83. The molecule has 1 rings (SSSR count). The Morgan fingerprint density at radius 1 is 1.20 bits per heavy atom. The summed E-state index contributed by atoms with van der Waals surface area (Å²) in [5, 5.41) is 9.43. The molecule has 0 aliphatic carbocycles. The van der Waals surface area contributed by atoms with Gasteiger partial charge in [0.2, 0.25) is 0 Å². The maximum Gasteiger partial charge on any atom is 0.408 e. The second kappa shape index (κ2) is 5.35. The van der Waals surface area contributed by atoms with Crippen LogP contribution in [0.25, 0.3) is 0 Å². The summed E-state index contributed by atoms with van der Waals surface area (Å²) in [6.45, 7) is 12.4. The van der Waals surface area contributed by atoms with Gasteiger partial charge in [-0.2, -0.15) is 0 Å². The van der Waals surface area contributed by atoms with E-state index >= 15 is 0 Å². The van der Waals surface area contributed by atoms with E-state index in [4.69, 9.17) is 5.73 Å². The van der Waals surface area contributed by atoms with Crippen LogP contribution in [-0.2, 0) is 12.0 Å². The van der Waals surface area contributed by atoms with E-state index in [0.717, 1.165) is 11.1 Å². The highest BCUT2D eigenvalue weighted by molar-refractivity contribution is 5.66. The molecule has 4 nitrogen and oxygen atoms in total. The van der Waals surface area contributed by atoms with Gasteiger partial charge in [0.1, 0.15) is 0 Å². The smallest absolute Gasteiger partial charge is 0.408 e. The van der Waals surface area contributed by atoms with E-state index in [9.17, 15) is 9.90 Å². The average molecular weight is 278 g/mol. The van der Waals surface area contributed by atoms with Crippen molar-refractivity contribution < 1.29 is 9.90 Å². The molecular weight excluding hydrogens is 252 g/mol. The number of nitrogen functional groups attached to an aromatic ring is 1. The average Bonchev–Trinajstić information content (AvgIpc) is 2.22. The molecule has 0 radical (unpaired) electrons. The minimum absolute atomic E-state index is 0.0505. The van der Waals surface area contributed by atoms with Crippen LogP contribution in [0.3, 0.4) is 0 Å². The SMILES string of the molecule is CC(C)(C)c1ccc(N)cc1CN(C(=O)O)C(C)(C)C. The van der Waals surface area contributed by atoms with Gasteiger partial charge in [-0.3, -0.25) is 4.90 Å². The minimum Gasteiger partial charge on any atom is -0.465 e. The van der Waals surface area contributed by atoms with E-state index < -0.39 is 11.6 Å². The molecule has 0 saturated carbocycles. The predicted molar refractivity (Wildman–Crippen MR) is 82.9 cm³/mol. The maximum atomic E-state index is 11.5. The van der Waals surface area contributed by atoms with Crippen molar-refractivity contribution in [1.82, 2.24) is 4.90 Å². The van der Waals surface area contributed by atoms with Crippen LogP contribution >= 0.6 is 0 Å². The number of hydrogen-bond donors (Lipinski definition) is 2. The van der Waals surface area contributed by atoms with Crippen LogP contribution in [0.5, 0.6) is 0 Å². The van der Waals surface area contributed by atoms with E-state index in [2.05, 4.69) is 20.8 Å². The van der Waals surface area contributed by atoms with Crippen molar-refractivity contribution in [2.75, 3.05) is 5.73 Å². The third-order valence-electron chi connectivity index (χ3n) is 3.31. The number of amides is 1. The standard InChI is InChI=1S/C16H26N2O2/c1-15(2,3)13-8-7-12(17)9-11(13)10-18(14(19)20)16(4,5)6/h7-9H,10,17H2,1-6H3,(H,19,20). The van der Waals surface area contributed by atoms with Crippen LogP contribution in [0.4, 0.5) is 10.5 Å². The largest absolute Gasteiger partial charge is 0.465 e. The Bertz CT molecular complexity index is 496. The second-order valence-electron chi connectivity index (χ2n) is 7.21. The third-order valence-corrected chi connectivity index (χ3v) is 3.31. The number of anilines is 1. The molecule has 1 amide bonds. The van der Waals surface area contributed by atoms with Gasteiger partial charge in [0, 0.05) is 17.8 Å². The fraction of sp³-hybridized carbons (Fsp3) is 0.562. The van der Waals surface area contributed by atoms with Gasteiger partial charge in [0.05, 0.1) is 0 Å². The van der Waals surface area contributed by atoms with Gasteiger partial charge in [-0.1, -0.05) is 26.8 Å². The molecular formula is C16H26N2O2. The van der Waals surface area contributed by atoms with Crippen molar-refractivity contribution in [3.05, 3.63) is 29.3 Å². The summed E-state index contributed by atoms with van der Waals surface area (Å²) < 4.78 is 0. The van der Waals surface area contributed by atoms with E-state index in [0.29, 0.717) is 12.2 Å². The molecule has 20 heavy (non-hydrogen) atoms. The summed E-state index contributed by atoms with van der Waals surface area (Å²) in [6.07, 6.45) is -0.917. The van der Waals surface area contributed by atoms with Crippen LogP contribution in [0.15, 0.2) is 18.2 Å². The molecule has 0 aliphatic rings. The van der Waals surface area contributed by atoms with Crippen molar-refractivity contribution in [3.8, 4) is 0 Å². The normalized spacial score (nSPS) is 12.3. The first kappa shape index (κ1) is 16.3. The van der Waals surface area contributed by atoms with Crippen molar-refractivity contribution in [1.29, 1.82) is 0 Å². The molecule has 4 heteroatoms. The molecule has 0 spiro atoms. The zero-order valence-electron chi connectivity index (χ0n) is 13.3. The Hall–Kier alpha value is -1.71. The van der Waals surface area contributed by atoms with Gasteiger partial charge >= 0.3 is 6.09 Å². The molecule has 1 aromatic carbocycles. The Morgan fingerprint density at radius 3 is 2.15 bits per heavy atom. The molecule has 0 unspecified atom stereocenters. The van der Waals surface area contributed by atoms with E-state index in [1.54, 1.807) is 0 Å². The molecule has 0 bridgehead atoms. The highest BCUT2D eigenvalue weighted by Gasteiger charge is 2.28. The number of nitrogens with zero attached hydrogens (tertiary/aromatic N) is 1. The Balaban J connectivity index is 3.25. The zero-order valence-corrected chi connectivity index (χ0v) is 13.3. The van der Waals surface area contributed by atoms with Gasteiger partial charge in [-0.25, -0.2) is 4.79 Å². The summed E-state index contributed by atoms with van der Waals surface area (Å²) in [7, 11) is 0. The molecule has 0 atom stereocenters. The second-order valence-corrected chi connectivity index (χ2v) is 7.21. The minimum atomic E-state index is -0.917. The van der Waals surface area contributed by atoms with Crippen LogP contribution in [-0.4, -0.2) is 21.6 Å². The topological polar surface area (TPSA) is 66.6 Å². The fourth-order valence-corrected chi connectivity index (χ4v) is 2.24. The van der Waals surface area contributed by atoms with Crippen molar-refractivity contribution in [2.45, 2.75) is 59.0 Å². The van der Waals surface area contributed by atoms with Gasteiger partial charge in [0.25, 0.3) is 0 Å². The summed E-state index contributed by atoms with van der Waals surface area (Å²) in [4.78, 5) is 12.9. The molecule has 0 saturated heterocycles. The number of carbonyl (C=O) groups is 1. The summed E-state index contributed by atoms with van der Waals surface area (Å²) >= 11 is 0. The molecule has 0 aliphatic heterocycles. The number of hydrogen-bond acceptors (Lipinski definition) is 2. The lowest BCUT2D eigenvalue weighted by Gasteiger charge is -2.35. The van der Waals surface area contributed by atoms with E-state index in [1.807, 2.05) is 39.0 Å². The fourth-order valence-electron chi connectivity index (χ4n) is 2.24. The lowest BCUT2D eigenvalue weighted by Crippen LogP contribution is -2.44. The van der Waals surface area contributed by atoms with Crippen LogP contribution in [0, 0.1) is 0 Å². The summed E-state index contributed by atoms with van der Waals surface area (Å²) in [6, 6.07) is 5.74. The van der Waals surface area contributed by atoms with Gasteiger partial charge in [0.15, 0.2) is 0 Å². The van der Waals surface area contributed by atoms with E-state index in [1.165, 1.54) is 4.90 Å². The van der Waals surface area contributed by atoms with Crippen LogP contribution in [0.1, 0.15) is 52.7 Å². The first-order valence-corrected chi connectivity index (χ1v) is 6.82. The molecule has 0 aromatic heterocycles. The van der Waals surface area contributed by atoms with Crippen LogP contribution in [0.2, 0.25) is 0 Å². The third kappa shape index (κ3) is 3.89. The van der Waals surface area contributed by atoms with Gasteiger partial charge in [-0.15, -0.1) is 0 Å². The number of nitrogens with two attached hydrogens (primary N) is 1. The van der Waals surface area contributed by atoms with Crippen molar-refractivity contribution in [2.24, 2.45) is 0 Å². The van der Waals surface area contributed by atoms with Gasteiger partial charge in [-0.05, 0) is 49.4 Å². The molecule has 112 valence electrons. The Labute approximate surface area is 121 Å². The summed E-state index contributed by atoms with van der Waals surface area (Å²) in [5.41, 5.74) is 8.12. The number of benzene rings is 1. The molecule has 1 aromatic rings. The first-order chi connectivity index (χ1) is 8.93. The van der Waals surface area contributed by atoms with E-state index in [-0.39, 0.29) is 5.41 Å². The number of carboxylic acid groups (broad SMARTS) is 1. The maximum absolute atomic E-state index is 11.5. The number of rotatable bonds is 2. The highest BCUT2D eigenvalue weighted by Crippen LogP contribution is 2.29. The summed E-state index contributed by atoms with van der Waals surface area (Å²) in [5.74, 6) is 0. The van der Waals surface area contributed by atoms with Crippen molar-refractivity contribution in [3.63, 3.8) is 0 Å². The Kier molecular flexibility index (Phi) is 4.37. The predicted octanol–water partition coefficient (Wildman–Crippen LogP) is 3.84. The molecule has 3 N–H and O–H groups in total. The van der Waals surface area contributed by atoms with Crippen LogP contribution < -0.4 is 5.73 Å². The zero-order chi connectivity index (χ0) is 15.7. The first-order valence-electron chi connectivity index (χ1n) is 6.82. The molecule has 0 heterocycles. The quantitative estimate of drug-likeness (QED) is 0.808. The Morgan fingerprint density at radius 2 is 1.75 bits per heavy atom. The monoisotopic (exact) mass is 278 g/mol.